The van der Waals surface area contributed by atoms with Crippen molar-refractivity contribution in [1.82, 2.24) is 0 Å². The lowest BCUT2D eigenvalue weighted by Gasteiger charge is -2.24. The van der Waals surface area contributed by atoms with E-state index in [1.165, 1.54) is 116 Å². The molecule has 0 bridgehead atoms. The van der Waals surface area contributed by atoms with Crippen LogP contribution >= 0.6 is 7.82 Å². The van der Waals surface area contributed by atoms with E-state index < -0.39 is 13.9 Å². The smallest absolute Gasteiger partial charge is 0.457 e. The van der Waals surface area contributed by atoms with Crippen molar-refractivity contribution in [2.75, 3.05) is 54.1 Å². The number of allylic oxidation sites excluding steroid dienone is 6. The fourth-order valence-electron chi connectivity index (χ4n) is 5.75. The highest BCUT2D eigenvalue weighted by Gasteiger charge is 2.26. The molecule has 2 unspecified atom stereocenters. The van der Waals surface area contributed by atoms with Gasteiger partial charge in [-0.05, 0) is 70.6 Å². The predicted octanol–water partition coefficient (Wildman–Crippen LogP) is 12.6. The van der Waals surface area contributed by atoms with E-state index in [0.29, 0.717) is 24.1 Å². The molecule has 53 heavy (non-hydrogen) atoms. The fraction of sp³-hybridized carbons (Fsp3) is 0.841. The molecule has 0 rings (SSSR count). The van der Waals surface area contributed by atoms with Gasteiger partial charge in [0.15, 0.2) is 0 Å². The molecular formula is C44H85NO7P+. The number of quaternary nitrogens is 1. The molecule has 0 radical (unpaired) electrons. The van der Waals surface area contributed by atoms with Crippen LogP contribution in [0.4, 0.5) is 0 Å². The lowest BCUT2D eigenvalue weighted by atomic mass is 10.1. The number of rotatable bonds is 40. The normalized spacial score (nSPS) is 14.2. The minimum Gasteiger partial charge on any atom is -0.457 e. The minimum atomic E-state index is -4.27. The molecule has 1 N–H and O–H groups in total. The molecule has 0 aromatic rings. The maximum atomic E-state index is 12.7. The van der Waals surface area contributed by atoms with Gasteiger partial charge in [0, 0.05) is 13.0 Å². The summed E-state index contributed by atoms with van der Waals surface area (Å²) in [4.78, 5) is 22.9. The average molecular weight is 771 g/mol. The Kier molecular flexibility index (Phi) is 36.7. The third-order valence-electron chi connectivity index (χ3n) is 9.17. The summed E-state index contributed by atoms with van der Waals surface area (Å²) in [5.41, 5.74) is 0. The molecule has 0 aromatic heterocycles. The van der Waals surface area contributed by atoms with Gasteiger partial charge in [0.05, 0.1) is 34.4 Å². The molecule has 0 heterocycles. The van der Waals surface area contributed by atoms with Crippen molar-refractivity contribution >= 4 is 13.8 Å². The van der Waals surface area contributed by atoms with Gasteiger partial charge < -0.3 is 18.9 Å². The van der Waals surface area contributed by atoms with Gasteiger partial charge in [-0.2, -0.15) is 0 Å². The average Bonchev–Trinajstić information content (AvgIpc) is 3.11. The van der Waals surface area contributed by atoms with E-state index in [4.69, 9.17) is 18.5 Å². The number of nitrogens with zero attached hydrogens (tertiary/aromatic N) is 1. The monoisotopic (exact) mass is 771 g/mol. The molecule has 0 amide bonds. The number of unbranched alkanes of at least 4 members (excludes halogenated alkanes) is 20. The third kappa shape index (κ3) is 41.7. The highest BCUT2D eigenvalue weighted by Crippen LogP contribution is 2.43. The van der Waals surface area contributed by atoms with E-state index in [2.05, 4.69) is 50.3 Å². The van der Waals surface area contributed by atoms with Crippen molar-refractivity contribution < 1.29 is 37.3 Å². The van der Waals surface area contributed by atoms with Gasteiger partial charge in [-0.15, -0.1) is 0 Å². The van der Waals surface area contributed by atoms with Gasteiger partial charge >= 0.3 is 13.8 Å². The molecule has 0 saturated carbocycles. The number of hydrogen-bond acceptors (Lipinski definition) is 6. The number of esters is 1. The highest BCUT2D eigenvalue weighted by atomic mass is 31.2. The first-order valence-electron chi connectivity index (χ1n) is 21.7. The molecule has 2 atom stereocenters. The summed E-state index contributed by atoms with van der Waals surface area (Å²) in [6.45, 7) is 5.56. The Labute approximate surface area is 327 Å². The molecule has 0 aliphatic heterocycles. The quantitative estimate of drug-likeness (QED) is 0.0218. The number of likely N-dealkylation sites (N-methyl/N-ethyl adjacent to an activating group) is 1. The SMILES string of the molecule is CCCCC/C=C\CCCCCCCCOCC(COP(=O)(O)OCC[N+](C)(C)C)OC(=O)CCCCCCCCC/C=C\C/C=C\CCCCCC. The van der Waals surface area contributed by atoms with Gasteiger partial charge in [-0.25, -0.2) is 4.57 Å². The molecule has 0 spiro atoms. The Morgan fingerprint density at radius 3 is 1.58 bits per heavy atom. The summed E-state index contributed by atoms with van der Waals surface area (Å²) in [5, 5.41) is 0. The number of ether oxygens (including phenoxy) is 2. The first-order chi connectivity index (χ1) is 25.6. The second kappa shape index (κ2) is 37.6. The molecule has 0 aromatic carbocycles. The van der Waals surface area contributed by atoms with Crippen molar-refractivity contribution in [2.24, 2.45) is 0 Å². The number of carbonyl (C=O) groups is 1. The topological polar surface area (TPSA) is 91.3 Å². The van der Waals surface area contributed by atoms with Gasteiger partial charge in [-0.1, -0.05) is 140 Å². The largest absolute Gasteiger partial charge is 0.472 e. The zero-order valence-electron chi connectivity index (χ0n) is 35.3. The van der Waals surface area contributed by atoms with Crippen LogP contribution in [-0.2, 0) is 27.9 Å². The van der Waals surface area contributed by atoms with Crippen LogP contribution in [0, 0.1) is 0 Å². The van der Waals surface area contributed by atoms with E-state index in [1.807, 2.05) is 21.1 Å². The third-order valence-corrected chi connectivity index (χ3v) is 10.2. The summed E-state index contributed by atoms with van der Waals surface area (Å²) < 4.78 is 34.9. The Morgan fingerprint density at radius 1 is 0.585 bits per heavy atom. The number of carbonyl (C=O) groups excluding carboxylic acids is 1. The first kappa shape index (κ1) is 51.7. The van der Waals surface area contributed by atoms with E-state index in [0.717, 1.165) is 44.9 Å². The molecule has 0 aliphatic carbocycles. The standard InChI is InChI=1S/C44H84NO7P/c1-6-8-10-12-14-16-18-20-21-22-23-24-25-27-29-31-33-35-37-44(46)52-43(42-51-53(47,48)50-40-38-45(3,4)5)41-49-39-36-34-32-30-28-26-19-17-15-13-11-9-7-2/h15-18,21-22,43H,6-14,19-20,23-42H2,1-5H3/p+1/b17-15-,18-16-,22-21-. The van der Waals surface area contributed by atoms with Crippen LogP contribution in [-0.4, -0.2) is 75.6 Å². The Morgan fingerprint density at radius 2 is 1.04 bits per heavy atom. The van der Waals surface area contributed by atoms with Crippen LogP contribution in [0.3, 0.4) is 0 Å². The molecule has 312 valence electrons. The molecular weight excluding hydrogens is 685 g/mol. The van der Waals surface area contributed by atoms with Crippen LogP contribution in [0.25, 0.3) is 0 Å². The van der Waals surface area contributed by atoms with Gasteiger partial charge in [-0.3, -0.25) is 13.8 Å². The Bertz CT molecular complexity index is 947. The number of hydrogen-bond donors (Lipinski definition) is 1. The van der Waals surface area contributed by atoms with E-state index >= 15 is 0 Å². The summed E-state index contributed by atoms with van der Waals surface area (Å²) >= 11 is 0. The molecule has 8 nitrogen and oxygen atoms in total. The summed E-state index contributed by atoms with van der Waals surface area (Å²) in [6, 6.07) is 0. The number of phosphoric acid groups is 1. The lowest BCUT2D eigenvalue weighted by Crippen LogP contribution is -2.37. The lowest BCUT2D eigenvalue weighted by molar-refractivity contribution is -0.870. The first-order valence-corrected chi connectivity index (χ1v) is 23.2. The maximum Gasteiger partial charge on any atom is 0.472 e. The van der Waals surface area contributed by atoms with Crippen molar-refractivity contribution in [2.45, 2.75) is 187 Å². The maximum absolute atomic E-state index is 12.7. The van der Waals surface area contributed by atoms with Gasteiger partial charge in [0.25, 0.3) is 0 Å². The van der Waals surface area contributed by atoms with Crippen molar-refractivity contribution in [1.29, 1.82) is 0 Å². The summed E-state index contributed by atoms with van der Waals surface area (Å²) in [5.74, 6) is -0.324. The molecule has 0 aliphatic rings. The van der Waals surface area contributed by atoms with Gasteiger partial charge in [0.1, 0.15) is 19.3 Å². The summed E-state index contributed by atoms with van der Waals surface area (Å²) in [7, 11) is 1.66. The molecule has 0 fully saturated rings. The Hall–Kier alpha value is -1.28. The molecule has 0 saturated heterocycles. The second-order valence-corrected chi connectivity index (χ2v) is 17.2. The van der Waals surface area contributed by atoms with Crippen molar-refractivity contribution in [3.05, 3.63) is 36.5 Å². The van der Waals surface area contributed by atoms with E-state index in [9.17, 15) is 14.3 Å². The van der Waals surface area contributed by atoms with Crippen LogP contribution in [0.1, 0.15) is 181 Å². The summed E-state index contributed by atoms with van der Waals surface area (Å²) in [6.07, 6.45) is 43.1. The van der Waals surface area contributed by atoms with Crippen molar-refractivity contribution in [3.63, 3.8) is 0 Å². The van der Waals surface area contributed by atoms with Crippen LogP contribution in [0.5, 0.6) is 0 Å². The zero-order valence-corrected chi connectivity index (χ0v) is 36.1. The fourth-order valence-corrected chi connectivity index (χ4v) is 6.49. The van der Waals surface area contributed by atoms with Gasteiger partial charge in [0.2, 0.25) is 0 Å². The van der Waals surface area contributed by atoms with Crippen LogP contribution in [0.2, 0.25) is 0 Å². The van der Waals surface area contributed by atoms with Crippen LogP contribution in [0.15, 0.2) is 36.5 Å². The second-order valence-electron chi connectivity index (χ2n) is 15.7. The van der Waals surface area contributed by atoms with E-state index in [-0.39, 0.29) is 25.8 Å². The minimum absolute atomic E-state index is 0.0855. The molecule has 9 heteroatoms. The van der Waals surface area contributed by atoms with Crippen molar-refractivity contribution in [3.8, 4) is 0 Å². The highest BCUT2D eigenvalue weighted by molar-refractivity contribution is 7.47. The van der Waals surface area contributed by atoms with E-state index in [1.54, 1.807) is 0 Å². The van der Waals surface area contributed by atoms with Crippen LogP contribution < -0.4 is 0 Å². The number of phosphoric ester groups is 1. The Balaban J connectivity index is 4.25. The zero-order chi connectivity index (χ0) is 39.1. The predicted molar refractivity (Wildman–Crippen MR) is 224 cm³/mol.